The molecule has 0 aromatic heterocycles. The monoisotopic (exact) mass is 972 g/mol. The summed E-state index contributed by atoms with van der Waals surface area (Å²) in [5, 5.41) is 0. The number of ether oxygens (including phenoxy) is 2. The number of rotatable bonds is 57. The van der Waals surface area contributed by atoms with Crippen LogP contribution in [0.15, 0.2) is 0 Å². The second-order valence-electron chi connectivity index (χ2n) is 21.7. The van der Waals surface area contributed by atoms with Crippen molar-refractivity contribution in [1.29, 1.82) is 0 Å². The number of hydrogen-bond acceptors (Lipinski definition) is 7. The van der Waals surface area contributed by atoms with Gasteiger partial charge in [0.05, 0.1) is 34.4 Å². The van der Waals surface area contributed by atoms with Gasteiger partial charge >= 0.3 is 5.97 Å². The van der Waals surface area contributed by atoms with Crippen LogP contribution in [0.4, 0.5) is 0 Å². The number of quaternary nitrogens is 1. The zero-order valence-electron chi connectivity index (χ0n) is 45.9. The zero-order chi connectivity index (χ0) is 49.0. The molecule has 0 fully saturated rings. The minimum atomic E-state index is -4.53. The second-order valence-corrected chi connectivity index (χ2v) is 23.1. The third kappa shape index (κ3) is 56.3. The van der Waals surface area contributed by atoms with Gasteiger partial charge in [-0.3, -0.25) is 9.36 Å². The van der Waals surface area contributed by atoms with Gasteiger partial charge in [-0.15, -0.1) is 0 Å². The maximum absolute atomic E-state index is 12.8. The van der Waals surface area contributed by atoms with Crippen molar-refractivity contribution in [2.75, 3.05) is 54.1 Å². The SMILES string of the molecule is CCCCCCCCCCCCCCCCCCCCCCCCCCOCC(COP(=O)([O-])OCC[N+](C)(C)C)OC(=O)CCCCCCCCCCCCCCCCCCCCCCC. The first kappa shape index (κ1) is 66.5. The molecule has 0 aliphatic heterocycles. The van der Waals surface area contributed by atoms with Crippen molar-refractivity contribution in [3.05, 3.63) is 0 Å². The van der Waals surface area contributed by atoms with Gasteiger partial charge in [0.2, 0.25) is 0 Å². The van der Waals surface area contributed by atoms with Crippen molar-refractivity contribution in [3.8, 4) is 0 Å². The first-order valence-electron chi connectivity index (χ1n) is 29.8. The number of hydrogen-bond donors (Lipinski definition) is 0. The molecule has 0 N–H and O–H groups in total. The lowest BCUT2D eigenvalue weighted by atomic mass is 10.0. The van der Waals surface area contributed by atoms with Crippen LogP contribution in [0.2, 0.25) is 0 Å². The largest absolute Gasteiger partial charge is 0.756 e. The van der Waals surface area contributed by atoms with Crippen molar-refractivity contribution in [2.24, 2.45) is 0 Å². The highest BCUT2D eigenvalue weighted by molar-refractivity contribution is 7.45. The molecule has 0 bridgehead atoms. The quantitative estimate of drug-likeness (QED) is 0.0259. The molecule has 0 rings (SSSR count). The maximum atomic E-state index is 12.8. The number of carbonyl (C=O) groups excluding carboxylic acids is 1. The molecule has 2 unspecified atom stereocenters. The fraction of sp³-hybridized carbons (Fsp3) is 0.983. The maximum Gasteiger partial charge on any atom is 0.306 e. The standard InChI is InChI=1S/C58H118NO7P/c1-6-8-10-12-14-16-18-20-22-24-26-28-29-30-32-34-36-38-40-42-44-46-48-50-53-63-55-57(56-65-67(61,62)64-54-52-59(3,4)5)66-58(60)51-49-47-45-43-41-39-37-35-33-31-27-25-23-21-19-17-15-13-11-9-7-2/h57H,6-56H2,1-5H3. The van der Waals surface area contributed by atoms with Gasteiger partial charge < -0.3 is 27.9 Å². The lowest BCUT2D eigenvalue weighted by Crippen LogP contribution is -2.37. The Morgan fingerprint density at radius 3 is 0.985 bits per heavy atom. The topological polar surface area (TPSA) is 94.1 Å². The number of phosphoric acid groups is 1. The third-order valence-corrected chi connectivity index (χ3v) is 14.6. The van der Waals surface area contributed by atoms with Crippen molar-refractivity contribution in [2.45, 2.75) is 315 Å². The summed E-state index contributed by atoms with van der Waals surface area (Å²) in [5.41, 5.74) is 0. The normalized spacial score (nSPS) is 13.3. The molecule has 67 heavy (non-hydrogen) atoms. The minimum absolute atomic E-state index is 0.0320. The van der Waals surface area contributed by atoms with E-state index in [0.717, 1.165) is 32.1 Å². The zero-order valence-corrected chi connectivity index (χ0v) is 46.8. The number of likely N-dealkylation sites (N-methyl/N-ethyl adjacent to an activating group) is 1. The molecule has 9 heteroatoms. The van der Waals surface area contributed by atoms with E-state index < -0.39 is 13.9 Å². The van der Waals surface area contributed by atoms with Crippen molar-refractivity contribution < 1.29 is 37.3 Å². The average Bonchev–Trinajstić information content (AvgIpc) is 3.29. The van der Waals surface area contributed by atoms with E-state index >= 15 is 0 Å². The van der Waals surface area contributed by atoms with Gasteiger partial charge in [0.1, 0.15) is 19.3 Å². The molecule has 0 saturated heterocycles. The first-order valence-corrected chi connectivity index (χ1v) is 31.2. The third-order valence-electron chi connectivity index (χ3n) is 13.7. The van der Waals surface area contributed by atoms with E-state index in [9.17, 15) is 14.3 Å². The molecule has 0 amide bonds. The second kappa shape index (κ2) is 51.8. The molecule has 0 saturated carbocycles. The fourth-order valence-corrected chi connectivity index (χ4v) is 9.81. The Balaban J connectivity index is 3.99. The Kier molecular flexibility index (Phi) is 51.5. The van der Waals surface area contributed by atoms with Crippen LogP contribution in [0.25, 0.3) is 0 Å². The van der Waals surface area contributed by atoms with E-state index in [1.54, 1.807) is 0 Å². The van der Waals surface area contributed by atoms with Gasteiger partial charge in [0.25, 0.3) is 7.82 Å². The Hall–Kier alpha value is -0.500. The summed E-state index contributed by atoms with van der Waals surface area (Å²) in [6.07, 6.45) is 60.1. The summed E-state index contributed by atoms with van der Waals surface area (Å²) < 4.78 is 34.9. The van der Waals surface area contributed by atoms with Crippen molar-refractivity contribution in [3.63, 3.8) is 0 Å². The molecule has 8 nitrogen and oxygen atoms in total. The number of phosphoric ester groups is 1. The van der Waals surface area contributed by atoms with Crippen LogP contribution in [0.1, 0.15) is 309 Å². The molecule has 0 heterocycles. The summed E-state index contributed by atoms with van der Waals surface area (Å²) in [7, 11) is 1.38. The van der Waals surface area contributed by atoms with Crippen LogP contribution in [-0.2, 0) is 27.9 Å². The Bertz CT molecular complexity index is 1040. The van der Waals surface area contributed by atoms with Gasteiger partial charge in [-0.05, 0) is 12.8 Å². The van der Waals surface area contributed by atoms with E-state index in [1.165, 1.54) is 257 Å². The summed E-state index contributed by atoms with van der Waals surface area (Å²) in [5.74, 6) is -0.323. The number of unbranched alkanes of at least 4 members (excludes halogenated alkanes) is 43. The Morgan fingerprint density at radius 2 is 0.687 bits per heavy atom. The molecule has 0 aliphatic carbocycles. The highest BCUT2D eigenvalue weighted by Gasteiger charge is 2.20. The van der Waals surface area contributed by atoms with E-state index in [2.05, 4.69) is 13.8 Å². The highest BCUT2D eigenvalue weighted by Crippen LogP contribution is 2.38. The van der Waals surface area contributed by atoms with Gasteiger partial charge in [0.15, 0.2) is 0 Å². The molecule has 0 aromatic rings. The molecule has 0 aliphatic rings. The van der Waals surface area contributed by atoms with Crippen LogP contribution in [0, 0.1) is 0 Å². The lowest BCUT2D eigenvalue weighted by molar-refractivity contribution is -0.870. The summed E-state index contributed by atoms with van der Waals surface area (Å²) >= 11 is 0. The van der Waals surface area contributed by atoms with E-state index in [-0.39, 0.29) is 25.8 Å². The Labute approximate surface area is 418 Å². The van der Waals surface area contributed by atoms with E-state index in [0.29, 0.717) is 24.1 Å². The van der Waals surface area contributed by atoms with Crippen molar-refractivity contribution in [1.82, 2.24) is 0 Å². The lowest BCUT2D eigenvalue weighted by Gasteiger charge is -2.28. The van der Waals surface area contributed by atoms with Gasteiger partial charge in [0, 0.05) is 13.0 Å². The van der Waals surface area contributed by atoms with Crippen LogP contribution in [-0.4, -0.2) is 70.7 Å². The number of nitrogens with zero attached hydrogens (tertiary/aromatic N) is 1. The number of carbonyl (C=O) groups is 1. The molecule has 2 atom stereocenters. The Morgan fingerprint density at radius 1 is 0.403 bits per heavy atom. The smallest absolute Gasteiger partial charge is 0.306 e. The molecular formula is C58H118NO7P. The summed E-state index contributed by atoms with van der Waals surface area (Å²) in [4.78, 5) is 25.3. The first-order chi connectivity index (χ1) is 32.6. The molecule has 0 spiro atoms. The van der Waals surface area contributed by atoms with E-state index in [1.807, 2.05) is 21.1 Å². The minimum Gasteiger partial charge on any atom is -0.756 e. The van der Waals surface area contributed by atoms with Gasteiger partial charge in [-0.1, -0.05) is 290 Å². The van der Waals surface area contributed by atoms with Crippen molar-refractivity contribution >= 4 is 13.8 Å². The molecule has 0 radical (unpaired) electrons. The summed E-state index contributed by atoms with van der Waals surface area (Å²) in [6, 6.07) is 0. The summed E-state index contributed by atoms with van der Waals surface area (Å²) in [6.45, 7) is 5.51. The van der Waals surface area contributed by atoms with Crippen LogP contribution in [0.5, 0.6) is 0 Å². The predicted octanol–water partition coefficient (Wildman–Crippen LogP) is 18.1. The molecular weight excluding hydrogens is 854 g/mol. The fourth-order valence-electron chi connectivity index (χ4n) is 9.08. The molecule has 402 valence electrons. The predicted molar refractivity (Wildman–Crippen MR) is 287 cm³/mol. The number of esters is 1. The highest BCUT2D eigenvalue weighted by atomic mass is 31.2. The molecule has 0 aromatic carbocycles. The van der Waals surface area contributed by atoms with Gasteiger partial charge in [-0.25, -0.2) is 0 Å². The van der Waals surface area contributed by atoms with E-state index in [4.69, 9.17) is 18.5 Å². The van der Waals surface area contributed by atoms with Crippen LogP contribution < -0.4 is 4.89 Å². The average molecular weight is 973 g/mol. The van der Waals surface area contributed by atoms with Gasteiger partial charge in [-0.2, -0.15) is 0 Å². The van der Waals surface area contributed by atoms with Crippen LogP contribution >= 0.6 is 7.82 Å². The van der Waals surface area contributed by atoms with Crippen LogP contribution in [0.3, 0.4) is 0 Å².